The Kier molecular flexibility index (Phi) is 9.26. The van der Waals surface area contributed by atoms with Crippen molar-refractivity contribution in [2.24, 2.45) is 0 Å². The summed E-state index contributed by atoms with van der Waals surface area (Å²) < 4.78 is 0. The minimum Gasteiger partial charge on any atom is -0.325 e. The number of aromatic nitrogens is 1. The molecule has 0 spiro atoms. The summed E-state index contributed by atoms with van der Waals surface area (Å²) in [4.78, 5) is 43.5. The molecule has 3 amide bonds. The van der Waals surface area contributed by atoms with Gasteiger partial charge in [-0.05, 0) is 80.1 Å². The van der Waals surface area contributed by atoms with E-state index in [-0.39, 0.29) is 16.9 Å². The molecule has 0 saturated heterocycles. The molecule has 0 aliphatic rings. The average Bonchev–Trinajstić information content (AvgIpc) is 2.96. The highest BCUT2D eigenvalue weighted by molar-refractivity contribution is 8.00. The van der Waals surface area contributed by atoms with Gasteiger partial charge in [0.05, 0.1) is 5.25 Å². The number of anilines is 2. The second kappa shape index (κ2) is 13.2. The van der Waals surface area contributed by atoms with Crippen molar-refractivity contribution in [3.63, 3.8) is 0 Å². The van der Waals surface area contributed by atoms with E-state index in [4.69, 9.17) is 0 Å². The zero-order valence-electron chi connectivity index (χ0n) is 21.5. The third-order valence-corrected chi connectivity index (χ3v) is 6.75. The van der Waals surface area contributed by atoms with Gasteiger partial charge in [-0.3, -0.25) is 19.4 Å². The van der Waals surface area contributed by atoms with Gasteiger partial charge in [-0.25, -0.2) is 0 Å². The minimum absolute atomic E-state index is 0.0803. The van der Waals surface area contributed by atoms with Crippen LogP contribution in [0.4, 0.5) is 11.4 Å². The molecule has 8 heteroatoms. The van der Waals surface area contributed by atoms with Crippen LogP contribution in [0.3, 0.4) is 0 Å². The average molecular weight is 537 g/mol. The second-order valence-corrected chi connectivity index (χ2v) is 10.2. The first kappa shape index (κ1) is 27.3. The number of pyridine rings is 1. The zero-order valence-corrected chi connectivity index (χ0v) is 22.4. The quantitative estimate of drug-likeness (QED) is 0.182. The van der Waals surface area contributed by atoms with Gasteiger partial charge in [0, 0.05) is 34.2 Å². The van der Waals surface area contributed by atoms with E-state index in [1.54, 1.807) is 67.0 Å². The fourth-order valence-electron chi connectivity index (χ4n) is 3.52. The van der Waals surface area contributed by atoms with Gasteiger partial charge in [0.1, 0.15) is 5.70 Å². The van der Waals surface area contributed by atoms with Gasteiger partial charge in [0.15, 0.2) is 0 Å². The largest absolute Gasteiger partial charge is 0.325 e. The molecule has 196 valence electrons. The van der Waals surface area contributed by atoms with E-state index in [2.05, 4.69) is 20.9 Å². The summed E-state index contributed by atoms with van der Waals surface area (Å²) in [5.41, 5.74) is 3.61. The Morgan fingerprint density at radius 1 is 0.821 bits per heavy atom. The van der Waals surface area contributed by atoms with Crippen LogP contribution in [0.2, 0.25) is 0 Å². The van der Waals surface area contributed by atoms with Crippen molar-refractivity contribution >= 4 is 46.9 Å². The van der Waals surface area contributed by atoms with Crippen molar-refractivity contribution in [2.75, 3.05) is 10.6 Å². The van der Waals surface area contributed by atoms with Crippen molar-refractivity contribution < 1.29 is 14.4 Å². The molecular formula is C31H28N4O3S. The lowest BCUT2D eigenvalue weighted by Gasteiger charge is -2.13. The summed E-state index contributed by atoms with van der Waals surface area (Å²) >= 11 is 1.42. The molecule has 3 aromatic carbocycles. The lowest BCUT2D eigenvalue weighted by molar-refractivity contribution is -0.115. The number of rotatable bonds is 9. The number of nitrogens with zero attached hydrogens (tertiary/aromatic N) is 1. The van der Waals surface area contributed by atoms with Crippen LogP contribution in [-0.4, -0.2) is 28.0 Å². The van der Waals surface area contributed by atoms with E-state index in [0.717, 1.165) is 16.1 Å². The Morgan fingerprint density at radius 2 is 1.49 bits per heavy atom. The molecule has 1 heterocycles. The van der Waals surface area contributed by atoms with Gasteiger partial charge in [0.25, 0.3) is 11.8 Å². The standard InChI is InChI=1S/C31H28N4O3S/c1-21-10-12-25(13-11-21)33-29(36)22(2)39-27-16-14-26(15-17-27)34-31(38)28(19-23-7-6-18-32-20-23)35-30(37)24-8-4-3-5-9-24/h3-20,22H,1-2H3,(H,33,36)(H,34,38)(H,35,37)/b28-19-. The van der Waals surface area contributed by atoms with Crippen LogP contribution >= 0.6 is 11.8 Å². The second-order valence-electron chi connectivity index (χ2n) is 8.76. The first-order valence-electron chi connectivity index (χ1n) is 12.3. The number of benzene rings is 3. The minimum atomic E-state index is -0.477. The number of amides is 3. The Balaban J connectivity index is 1.41. The molecule has 0 saturated carbocycles. The van der Waals surface area contributed by atoms with Gasteiger partial charge in [-0.2, -0.15) is 0 Å². The topological polar surface area (TPSA) is 100 Å². The Bertz CT molecular complexity index is 1460. The Labute approximate surface area is 231 Å². The zero-order chi connectivity index (χ0) is 27.6. The molecule has 0 aliphatic carbocycles. The summed E-state index contributed by atoms with van der Waals surface area (Å²) in [5.74, 6) is -0.972. The third-order valence-electron chi connectivity index (χ3n) is 5.64. The lowest BCUT2D eigenvalue weighted by atomic mass is 10.2. The molecule has 7 nitrogen and oxygen atoms in total. The van der Waals surface area contributed by atoms with E-state index in [0.29, 0.717) is 16.8 Å². The van der Waals surface area contributed by atoms with E-state index in [1.165, 1.54) is 11.8 Å². The molecule has 39 heavy (non-hydrogen) atoms. The summed E-state index contributed by atoms with van der Waals surface area (Å²) in [6.07, 6.45) is 4.80. The van der Waals surface area contributed by atoms with Gasteiger partial charge in [-0.15, -0.1) is 11.8 Å². The van der Waals surface area contributed by atoms with E-state index >= 15 is 0 Å². The molecule has 1 unspecified atom stereocenters. The molecule has 1 aromatic heterocycles. The number of carbonyl (C=O) groups is 3. The maximum atomic E-state index is 13.2. The number of carbonyl (C=O) groups excluding carboxylic acids is 3. The molecule has 0 radical (unpaired) electrons. The SMILES string of the molecule is Cc1ccc(NC(=O)C(C)Sc2ccc(NC(=O)/C(=C/c3cccnc3)NC(=O)c3ccccc3)cc2)cc1. The molecule has 0 aliphatic heterocycles. The number of nitrogens with one attached hydrogen (secondary N) is 3. The van der Waals surface area contributed by atoms with Crippen LogP contribution in [0.15, 0.2) is 114 Å². The Hall–Kier alpha value is -4.69. The van der Waals surface area contributed by atoms with Crippen LogP contribution < -0.4 is 16.0 Å². The summed E-state index contributed by atoms with van der Waals surface area (Å²) in [6.45, 7) is 3.84. The number of thioether (sulfide) groups is 1. The highest BCUT2D eigenvalue weighted by Crippen LogP contribution is 2.26. The number of hydrogen-bond donors (Lipinski definition) is 3. The molecule has 4 aromatic rings. The summed E-state index contributed by atoms with van der Waals surface area (Å²) in [6, 6.07) is 27.0. The van der Waals surface area contributed by atoms with Crippen molar-refractivity contribution in [1.29, 1.82) is 0 Å². The van der Waals surface area contributed by atoms with E-state index in [9.17, 15) is 14.4 Å². The van der Waals surface area contributed by atoms with Crippen LogP contribution in [0.5, 0.6) is 0 Å². The molecule has 0 fully saturated rings. The number of aryl methyl sites for hydroxylation is 1. The molecule has 3 N–H and O–H groups in total. The maximum Gasteiger partial charge on any atom is 0.272 e. The van der Waals surface area contributed by atoms with Crippen LogP contribution in [0.1, 0.15) is 28.4 Å². The molecular weight excluding hydrogens is 508 g/mol. The first-order chi connectivity index (χ1) is 18.9. The predicted molar refractivity (Wildman–Crippen MR) is 156 cm³/mol. The van der Waals surface area contributed by atoms with Crippen LogP contribution in [0.25, 0.3) is 6.08 Å². The van der Waals surface area contributed by atoms with Crippen molar-refractivity contribution in [3.05, 3.63) is 126 Å². The summed E-state index contributed by atoms with van der Waals surface area (Å²) in [7, 11) is 0. The third kappa shape index (κ3) is 8.15. The van der Waals surface area contributed by atoms with E-state index < -0.39 is 11.8 Å². The smallest absolute Gasteiger partial charge is 0.272 e. The highest BCUT2D eigenvalue weighted by Gasteiger charge is 2.17. The first-order valence-corrected chi connectivity index (χ1v) is 13.2. The van der Waals surface area contributed by atoms with Gasteiger partial charge in [-0.1, -0.05) is 42.0 Å². The lowest BCUT2D eigenvalue weighted by Crippen LogP contribution is -2.30. The van der Waals surface area contributed by atoms with Crippen LogP contribution in [0, 0.1) is 6.92 Å². The summed E-state index contributed by atoms with van der Waals surface area (Å²) in [5, 5.41) is 8.14. The fourth-order valence-corrected chi connectivity index (χ4v) is 4.39. The molecule has 4 rings (SSSR count). The van der Waals surface area contributed by atoms with Crippen molar-refractivity contribution in [2.45, 2.75) is 24.0 Å². The molecule has 1 atom stereocenters. The van der Waals surface area contributed by atoms with Crippen LogP contribution in [-0.2, 0) is 9.59 Å². The van der Waals surface area contributed by atoms with Gasteiger partial charge < -0.3 is 16.0 Å². The van der Waals surface area contributed by atoms with E-state index in [1.807, 2.05) is 56.3 Å². The molecule has 0 bridgehead atoms. The van der Waals surface area contributed by atoms with Gasteiger partial charge >= 0.3 is 0 Å². The van der Waals surface area contributed by atoms with Gasteiger partial charge in [0.2, 0.25) is 5.91 Å². The van der Waals surface area contributed by atoms with Crippen molar-refractivity contribution in [3.8, 4) is 0 Å². The Morgan fingerprint density at radius 3 is 2.15 bits per heavy atom. The predicted octanol–water partition coefficient (Wildman–Crippen LogP) is 5.92. The highest BCUT2D eigenvalue weighted by atomic mass is 32.2. The van der Waals surface area contributed by atoms with Crippen molar-refractivity contribution in [1.82, 2.24) is 10.3 Å². The fraction of sp³-hybridized carbons (Fsp3) is 0.0968. The number of hydrogen-bond acceptors (Lipinski definition) is 5. The monoisotopic (exact) mass is 536 g/mol. The normalized spacial score (nSPS) is 11.8. The maximum absolute atomic E-state index is 13.2.